The first-order valence-corrected chi connectivity index (χ1v) is 11.7. The summed E-state index contributed by atoms with van der Waals surface area (Å²) >= 11 is 1.90. The van der Waals surface area contributed by atoms with Crippen LogP contribution in [0.4, 0.5) is 0 Å². The van der Waals surface area contributed by atoms with Crippen molar-refractivity contribution < 1.29 is 8.42 Å². The van der Waals surface area contributed by atoms with E-state index < -0.39 is 15.6 Å². The average molecular weight is 527 g/mol. The lowest BCUT2D eigenvalue weighted by atomic mass is 10.1. The molecule has 6 nitrogen and oxygen atoms in total. The third-order valence-electron chi connectivity index (χ3n) is 4.18. The zero-order chi connectivity index (χ0) is 19.2. The van der Waals surface area contributed by atoms with Crippen molar-refractivity contribution in [3.63, 3.8) is 0 Å². The van der Waals surface area contributed by atoms with E-state index in [4.69, 9.17) is 0 Å². The lowest BCUT2D eigenvalue weighted by molar-refractivity contribution is 0.422. The molecular formula is C18H31IN4O2S2. The number of likely N-dealkylation sites (tertiary alicyclic amines) is 1. The first-order chi connectivity index (χ1) is 12.2. The third-order valence-corrected chi connectivity index (χ3v) is 6.34. The molecule has 1 fully saturated rings. The van der Waals surface area contributed by atoms with Gasteiger partial charge < -0.3 is 10.2 Å². The molecule has 0 aliphatic carbocycles. The summed E-state index contributed by atoms with van der Waals surface area (Å²) in [5.41, 5.74) is -0.578. The first-order valence-electron chi connectivity index (χ1n) is 8.81. The smallest absolute Gasteiger partial charge is 0.209 e. The maximum Gasteiger partial charge on any atom is 0.209 e. The number of benzene rings is 1. The van der Waals surface area contributed by atoms with Crippen LogP contribution in [0.5, 0.6) is 0 Å². The lowest BCUT2D eigenvalue weighted by Crippen LogP contribution is -2.53. The monoisotopic (exact) mass is 526 g/mol. The van der Waals surface area contributed by atoms with Crippen LogP contribution in [0.2, 0.25) is 0 Å². The van der Waals surface area contributed by atoms with Crippen LogP contribution in [0.15, 0.2) is 40.2 Å². The van der Waals surface area contributed by atoms with Gasteiger partial charge in [-0.2, -0.15) is 0 Å². The van der Waals surface area contributed by atoms with E-state index in [1.54, 1.807) is 7.05 Å². The van der Waals surface area contributed by atoms with E-state index in [-0.39, 0.29) is 24.0 Å². The van der Waals surface area contributed by atoms with Gasteiger partial charge in [-0.25, -0.2) is 13.1 Å². The molecule has 1 unspecified atom stereocenters. The first kappa shape index (κ1) is 24.5. The van der Waals surface area contributed by atoms with Gasteiger partial charge in [0.1, 0.15) is 0 Å². The minimum Gasteiger partial charge on any atom is -0.354 e. The second-order valence-corrected chi connectivity index (χ2v) is 10.2. The summed E-state index contributed by atoms with van der Waals surface area (Å²) in [7, 11) is -1.47. The molecule has 1 aromatic carbocycles. The van der Waals surface area contributed by atoms with E-state index in [9.17, 15) is 8.42 Å². The second-order valence-electron chi connectivity index (χ2n) is 7.38. The minimum atomic E-state index is -3.24. The molecule has 1 aromatic rings. The van der Waals surface area contributed by atoms with Crippen LogP contribution in [0.3, 0.4) is 0 Å². The van der Waals surface area contributed by atoms with Gasteiger partial charge in [0.2, 0.25) is 10.0 Å². The zero-order valence-corrected chi connectivity index (χ0v) is 20.4. The standard InChI is InChI=1S/C18H30N4O2S2.HI/c1-18(2,21-26(4,23)24)14-20-17(19-3)22-11-10-15(12-22)13-25-16-8-6-5-7-9-16;/h5-9,15,21H,10-14H2,1-4H3,(H,19,20);1H. The molecular weight excluding hydrogens is 495 g/mol. The largest absolute Gasteiger partial charge is 0.354 e. The van der Waals surface area contributed by atoms with E-state index >= 15 is 0 Å². The molecule has 1 heterocycles. The molecule has 1 atom stereocenters. The molecule has 0 amide bonds. The molecule has 2 rings (SSSR count). The van der Waals surface area contributed by atoms with Crippen molar-refractivity contribution in [2.45, 2.75) is 30.7 Å². The van der Waals surface area contributed by atoms with E-state index in [0.29, 0.717) is 12.5 Å². The molecule has 1 saturated heterocycles. The van der Waals surface area contributed by atoms with Gasteiger partial charge in [0.05, 0.1) is 6.26 Å². The van der Waals surface area contributed by atoms with Crippen molar-refractivity contribution >= 4 is 51.7 Å². The van der Waals surface area contributed by atoms with E-state index in [1.165, 1.54) is 11.2 Å². The summed E-state index contributed by atoms with van der Waals surface area (Å²) in [6.45, 7) is 6.14. The van der Waals surface area contributed by atoms with Crippen LogP contribution in [0, 0.1) is 5.92 Å². The fourth-order valence-electron chi connectivity index (χ4n) is 3.06. The summed E-state index contributed by atoms with van der Waals surface area (Å²) in [6.07, 6.45) is 2.32. The van der Waals surface area contributed by atoms with Crippen LogP contribution in [0.25, 0.3) is 0 Å². The molecule has 0 saturated carbocycles. The number of hydrogen-bond acceptors (Lipinski definition) is 4. The Labute approximate surface area is 185 Å². The summed E-state index contributed by atoms with van der Waals surface area (Å²) in [5, 5.41) is 3.31. The molecule has 154 valence electrons. The number of nitrogens with one attached hydrogen (secondary N) is 2. The number of nitrogens with zero attached hydrogens (tertiary/aromatic N) is 2. The number of halogens is 1. The van der Waals surface area contributed by atoms with Crippen LogP contribution >= 0.6 is 35.7 Å². The fraction of sp³-hybridized carbons (Fsp3) is 0.611. The van der Waals surface area contributed by atoms with E-state index in [1.807, 2.05) is 31.7 Å². The molecule has 1 aliphatic rings. The van der Waals surface area contributed by atoms with E-state index in [0.717, 1.165) is 31.2 Å². The zero-order valence-electron chi connectivity index (χ0n) is 16.4. The number of rotatable bonds is 7. The van der Waals surface area contributed by atoms with Crippen molar-refractivity contribution in [3.05, 3.63) is 30.3 Å². The molecule has 0 radical (unpaired) electrons. The molecule has 0 spiro atoms. The molecule has 2 N–H and O–H groups in total. The average Bonchev–Trinajstić information content (AvgIpc) is 3.01. The molecule has 27 heavy (non-hydrogen) atoms. The molecule has 9 heteroatoms. The Kier molecular flexibility index (Phi) is 9.87. The Hall–Kier alpha value is -0.520. The summed E-state index contributed by atoms with van der Waals surface area (Å²) in [5.74, 6) is 2.56. The van der Waals surface area contributed by atoms with Gasteiger partial charge in [-0.3, -0.25) is 4.99 Å². The highest BCUT2D eigenvalue weighted by Gasteiger charge is 2.27. The quantitative estimate of drug-likeness (QED) is 0.248. The molecule has 1 aliphatic heterocycles. The van der Waals surface area contributed by atoms with Gasteiger partial charge in [0.15, 0.2) is 5.96 Å². The highest BCUT2D eigenvalue weighted by Crippen LogP contribution is 2.25. The Morgan fingerprint density at radius 3 is 2.59 bits per heavy atom. The fourth-order valence-corrected chi connectivity index (χ4v) is 5.19. The van der Waals surface area contributed by atoms with Gasteiger partial charge >= 0.3 is 0 Å². The summed E-state index contributed by atoms with van der Waals surface area (Å²) in [4.78, 5) is 7.93. The lowest BCUT2D eigenvalue weighted by Gasteiger charge is -2.29. The van der Waals surface area contributed by atoms with Crippen molar-refractivity contribution in [1.29, 1.82) is 0 Å². The highest BCUT2D eigenvalue weighted by atomic mass is 127. The predicted molar refractivity (Wildman–Crippen MR) is 126 cm³/mol. The number of sulfonamides is 1. The number of aliphatic imine (C=N–C) groups is 1. The Morgan fingerprint density at radius 2 is 2.00 bits per heavy atom. The minimum absolute atomic E-state index is 0. The maximum absolute atomic E-state index is 11.5. The van der Waals surface area contributed by atoms with Gasteiger partial charge in [-0.15, -0.1) is 35.7 Å². The summed E-state index contributed by atoms with van der Waals surface area (Å²) in [6, 6.07) is 10.5. The van der Waals surface area contributed by atoms with Crippen LogP contribution < -0.4 is 10.0 Å². The van der Waals surface area contributed by atoms with Crippen molar-refractivity contribution in [3.8, 4) is 0 Å². The normalized spacial score (nSPS) is 18.3. The Bertz CT molecular complexity index is 711. The van der Waals surface area contributed by atoms with Crippen molar-refractivity contribution in [2.75, 3.05) is 38.7 Å². The Morgan fingerprint density at radius 1 is 1.33 bits per heavy atom. The van der Waals surface area contributed by atoms with Gasteiger partial charge in [-0.1, -0.05) is 18.2 Å². The summed E-state index contributed by atoms with van der Waals surface area (Å²) < 4.78 is 25.6. The molecule has 0 bridgehead atoms. The van der Waals surface area contributed by atoms with Crippen LogP contribution in [-0.2, 0) is 10.0 Å². The number of hydrogen-bond donors (Lipinski definition) is 2. The van der Waals surface area contributed by atoms with Gasteiger partial charge in [0, 0.05) is 42.9 Å². The second kappa shape index (κ2) is 10.9. The third kappa shape index (κ3) is 9.01. The van der Waals surface area contributed by atoms with Gasteiger partial charge in [0.25, 0.3) is 0 Å². The van der Waals surface area contributed by atoms with Crippen molar-refractivity contribution in [2.24, 2.45) is 10.9 Å². The number of thioether (sulfide) groups is 1. The van der Waals surface area contributed by atoms with E-state index in [2.05, 4.69) is 44.2 Å². The van der Waals surface area contributed by atoms with Crippen molar-refractivity contribution in [1.82, 2.24) is 14.9 Å². The Balaban J connectivity index is 0.00000364. The predicted octanol–water partition coefficient (Wildman–Crippen LogP) is 2.62. The highest BCUT2D eigenvalue weighted by molar-refractivity contribution is 14.0. The number of guanidine groups is 1. The van der Waals surface area contributed by atoms with Gasteiger partial charge in [-0.05, 0) is 38.3 Å². The SMILES string of the molecule is CN=C(NCC(C)(C)NS(C)(=O)=O)N1CCC(CSc2ccccc2)C1.I. The topological polar surface area (TPSA) is 73.8 Å². The maximum atomic E-state index is 11.5. The molecule has 0 aromatic heterocycles. The van der Waals surface area contributed by atoms with Crippen LogP contribution in [-0.4, -0.2) is 63.5 Å². The van der Waals surface area contributed by atoms with Crippen LogP contribution in [0.1, 0.15) is 20.3 Å².